The van der Waals surface area contributed by atoms with Gasteiger partial charge in [-0.3, -0.25) is 9.59 Å². The first-order chi connectivity index (χ1) is 17.0. The third-order valence-corrected chi connectivity index (χ3v) is 5.81. The third kappa shape index (κ3) is 5.95. The van der Waals surface area contributed by atoms with E-state index in [1.165, 1.54) is 0 Å². The predicted octanol–water partition coefficient (Wildman–Crippen LogP) is 5.45. The van der Waals surface area contributed by atoms with Gasteiger partial charge in [0.25, 0.3) is 5.91 Å². The Hall–Kier alpha value is -4.38. The molecule has 0 aliphatic carbocycles. The minimum atomic E-state index is -0.471. The molecule has 35 heavy (non-hydrogen) atoms. The second-order valence-corrected chi connectivity index (χ2v) is 8.54. The fourth-order valence-corrected chi connectivity index (χ4v) is 4.06. The lowest BCUT2D eigenvalue weighted by Gasteiger charge is -2.21. The van der Waals surface area contributed by atoms with Crippen LogP contribution >= 0.6 is 0 Å². The second-order valence-electron chi connectivity index (χ2n) is 8.54. The molecule has 4 aromatic carbocycles. The van der Waals surface area contributed by atoms with Crippen molar-refractivity contribution in [2.24, 2.45) is 0 Å². The van der Waals surface area contributed by atoms with Crippen LogP contribution in [0.25, 0.3) is 0 Å². The van der Waals surface area contributed by atoms with Gasteiger partial charge in [-0.25, -0.2) is 0 Å². The lowest BCUT2D eigenvalue weighted by molar-refractivity contribution is -0.116. The summed E-state index contributed by atoms with van der Waals surface area (Å²) in [5.41, 5.74) is 4.67. The van der Waals surface area contributed by atoms with Crippen LogP contribution in [0, 0.1) is 0 Å². The maximum Gasteiger partial charge on any atom is 0.253 e. The summed E-state index contributed by atoms with van der Waals surface area (Å²) in [6.45, 7) is 0.424. The van der Waals surface area contributed by atoms with E-state index in [0.717, 1.165) is 22.4 Å². The molecule has 176 valence electrons. The molecule has 0 aliphatic heterocycles. The van der Waals surface area contributed by atoms with E-state index in [2.05, 4.69) is 10.6 Å². The van der Waals surface area contributed by atoms with Gasteiger partial charge in [0, 0.05) is 32.0 Å². The highest BCUT2D eigenvalue weighted by atomic mass is 16.2. The van der Waals surface area contributed by atoms with E-state index in [1.54, 1.807) is 6.07 Å². The molecule has 4 aromatic rings. The molecule has 0 spiro atoms. The third-order valence-electron chi connectivity index (χ3n) is 5.81. The van der Waals surface area contributed by atoms with Crippen LogP contribution < -0.4 is 15.5 Å². The topological polar surface area (TPSA) is 61.4 Å². The Morgan fingerprint density at radius 1 is 0.743 bits per heavy atom. The molecule has 0 bridgehead atoms. The maximum atomic E-state index is 13.5. The summed E-state index contributed by atoms with van der Waals surface area (Å²) in [4.78, 5) is 28.5. The molecule has 4 rings (SSSR count). The van der Waals surface area contributed by atoms with Crippen molar-refractivity contribution in [3.8, 4) is 0 Å². The van der Waals surface area contributed by atoms with Crippen LogP contribution in [0.4, 0.5) is 11.4 Å². The maximum absolute atomic E-state index is 13.5. The molecule has 0 fully saturated rings. The predicted molar refractivity (Wildman–Crippen MR) is 142 cm³/mol. The quantitative estimate of drug-likeness (QED) is 0.365. The van der Waals surface area contributed by atoms with E-state index >= 15 is 0 Å². The molecule has 5 nitrogen and oxygen atoms in total. The van der Waals surface area contributed by atoms with Crippen molar-refractivity contribution < 1.29 is 9.59 Å². The largest absolute Gasteiger partial charge is 0.377 e. The van der Waals surface area contributed by atoms with E-state index in [4.69, 9.17) is 0 Å². The van der Waals surface area contributed by atoms with E-state index in [1.807, 2.05) is 122 Å². The summed E-state index contributed by atoms with van der Waals surface area (Å²) < 4.78 is 0. The average molecular weight is 464 g/mol. The van der Waals surface area contributed by atoms with Gasteiger partial charge in [0.05, 0.1) is 11.5 Å². The highest BCUT2D eigenvalue weighted by Gasteiger charge is 2.23. The molecule has 0 saturated carbocycles. The highest BCUT2D eigenvalue weighted by molar-refractivity contribution is 6.03. The number of amides is 2. The van der Waals surface area contributed by atoms with Crippen LogP contribution in [0.1, 0.15) is 33.0 Å². The zero-order chi connectivity index (χ0) is 24.6. The van der Waals surface area contributed by atoms with Gasteiger partial charge in [-0.1, -0.05) is 91.0 Å². The molecule has 5 heteroatoms. The smallest absolute Gasteiger partial charge is 0.253 e. The highest BCUT2D eigenvalue weighted by Crippen LogP contribution is 2.28. The van der Waals surface area contributed by atoms with Gasteiger partial charge in [0.15, 0.2) is 0 Å². The molecule has 0 unspecified atom stereocenters. The number of benzene rings is 4. The Morgan fingerprint density at radius 2 is 1.29 bits per heavy atom. The fraction of sp³-hybridized carbons (Fsp3) is 0.133. The Kier molecular flexibility index (Phi) is 7.58. The van der Waals surface area contributed by atoms with Crippen LogP contribution in [0.5, 0.6) is 0 Å². The van der Waals surface area contributed by atoms with E-state index in [9.17, 15) is 9.59 Å². The number of carbonyl (C=O) groups excluding carboxylic acids is 2. The monoisotopic (exact) mass is 463 g/mol. The first-order valence-electron chi connectivity index (χ1n) is 11.6. The first kappa shape index (κ1) is 23.8. The lowest BCUT2D eigenvalue weighted by atomic mass is 9.90. The van der Waals surface area contributed by atoms with Gasteiger partial charge in [-0.05, 0) is 34.9 Å². The number of rotatable bonds is 8. The average Bonchev–Trinajstić information content (AvgIpc) is 2.89. The molecule has 2 N–H and O–H groups in total. The molecule has 0 heterocycles. The second kappa shape index (κ2) is 11.2. The Morgan fingerprint density at radius 3 is 1.83 bits per heavy atom. The minimum Gasteiger partial charge on any atom is -0.377 e. The summed E-state index contributed by atoms with van der Waals surface area (Å²) in [7, 11) is 3.78. The summed E-state index contributed by atoms with van der Waals surface area (Å²) >= 11 is 0. The molecular weight excluding hydrogens is 434 g/mol. The van der Waals surface area contributed by atoms with Gasteiger partial charge in [-0.2, -0.15) is 0 Å². The lowest BCUT2D eigenvalue weighted by Crippen LogP contribution is -2.26. The number of nitrogens with one attached hydrogen (secondary N) is 2. The first-order valence-corrected chi connectivity index (χ1v) is 11.6. The molecule has 0 saturated heterocycles. The van der Waals surface area contributed by atoms with Crippen molar-refractivity contribution in [2.75, 3.05) is 24.3 Å². The molecule has 2 amide bonds. The summed E-state index contributed by atoms with van der Waals surface area (Å²) in [6.07, 6.45) is 0. The van der Waals surface area contributed by atoms with Gasteiger partial charge >= 0.3 is 0 Å². The molecule has 0 aliphatic rings. The van der Waals surface area contributed by atoms with Crippen molar-refractivity contribution in [1.29, 1.82) is 0 Å². The van der Waals surface area contributed by atoms with Gasteiger partial charge in [0.2, 0.25) is 5.91 Å². The van der Waals surface area contributed by atoms with Crippen molar-refractivity contribution in [3.05, 3.63) is 131 Å². The standard InChI is InChI=1S/C30H29N3O2/c1-33(2)27-19-18-25(20-26(27)29(34)31-21-22-12-6-3-7-13-22)32-30(35)28(23-14-8-4-9-15-23)24-16-10-5-11-17-24/h3-20,28H,21H2,1-2H3,(H,31,34)(H,32,35). The number of hydrogen-bond donors (Lipinski definition) is 2. The number of hydrogen-bond acceptors (Lipinski definition) is 3. The SMILES string of the molecule is CN(C)c1ccc(NC(=O)C(c2ccccc2)c2ccccc2)cc1C(=O)NCc1ccccc1. The minimum absolute atomic E-state index is 0.157. The molecular formula is C30H29N3O2. The Balaban J connectivity index is 1.59. The van der Waals surface area contributed by atoms with E-state index < -0.39 is 5.92 Å². The summed E-state index contributed by atoms with van der Waals surface area (Å²) in [5.74, 6) is -0.826. The van der Waals surface area contributed by atoms with E-state index in [-0.39, 0.29) is 11.8 Å². The van der Waals surface area contributed by atoms with Gasteiger partial charge < -0.3 is 15.5 Å². The van der Waals surface area contributed by atoms with Crippen molar-refractivity contribution in [3.63, 3.8) is 0 Å². The fourth-order valence-electron chi connectivity index (χ4n) is 4.06. The summed E-state index contributed by atoms with van der Waals surface area (Å²) in [6, 6.07) is 34.6. The van der Waals surface area contributed by atoms with Gasteiger partial charge in [-0.15, -0.1) is 0 Å². The Labute approximate surface area is 206 Å². The van der Waals surface area contributed by atoms with Crippen LogP contribution in [0.3, 0.4) is 0 Å². The van der Waals surface area contributed by atoms with Crippen LogP contribution in [0.2, 0.25) is 0 Å². The summed E-state index contributed by atoms with van der Waals surface area (Å²) in [5, 5.41) is 6.02. The van der Waals surface area contributed by atoms with Crippen molar-refractivity contribution in [2.45, 2.75) is 12.5 Å². The number of carbonyl (C=O) groups is 2. The molecule has 0 aromatic heterocycles. The van der Waals surface area contributed by atoms with Crippen LogP contribution in [-0.2, 0) is 11.3 Å². The number of nitrogens with zero attached hydrogens (tertiary/aromatic N) is 1. The van der Waals surface area contributed by atoms with Gasteiger partial charge in [0.1, 0.15) is 0 Å². The van der Waals surface area contributed by atoms with Crippen molar-refractivity contribution >= 4 is 23.2 Å². The normalized spacial score (nSPS) is 10.6. The van der Waals surface area contributed by atoms with Crippen LogP contribution in [-0.4, -0.2) is 25.9 Å². The molecule has 0 radical (unpaired) electrons. The number of anilines is 2. The molecule has 0 atom stereocenters. The zero-order valence-corrected chi connectivity index (χ0v) is 19.9. The zero-order valence-electron chi connectivity index (χ0n) is 19.9. The van der Waals surface area contributed by atoms with Crippen LogP contribution in [0.15, 0.2) is 109 Å². The van der Waals surface area contributed by atoms with E-state index in [0.29, 0.717) is 17.8 Å². The Bertz CT molecular complexity index is 1230. The van der Waals surface area contributed by atoms with Crippen molar-refractivity contribution in [1.82, 2.24) is 5.32 Å².